The SMILES string of the molecule is COc1ccc(NS(=O)(=O)c2cc3c(cc2Br)CCN3C(=O)C2CC2)cc1C(F)(F)F. The van der Waals surface area contributed by atoms with E-state index in [1.54, 1.807) is 11.0 Å². The van der Waals surface area contributed by atoms with Gasteiger partial charge in [-0.1, -0.05) is 0 Å². The van der Waals surface area contributed by atoms with E-state index < -0.39 is 27.5 Å². The number of nitrogens with one attached hydrogen (secondary N) is 1. The molecule has 11 heteroatoms. The van der Waals surface area contributed by atoms with Crippen LogP contribution < -0.4 is 14.4 Å². The maximum atomic E-state index is 13.3. The average molecular weight is 519 g/mol. The van der Waals surface area contributed by atoms with E-state index in [1.165, 1.54) is 12.1 Å². The molecule has 166 valence electrons. The van der Waals surface area contributed by atoms with Crippen molar-refractivity contribution in [1.82, 2.24) is 0 Å². The first kappa shape index (κ1) is 21.9. The van der Waals surface area contributed by atoms with Gasteiger partial charge in [-0.25, -0.2) is 8.42 Å². The van der Waals surface area contributed by atoms with Gasteiger partial charge in [-0.15, -0.1) is 0 Å². The van der Waals surface area contributed by atoms with Crippen LogP contribution in [0.25, 0.3) is 0 Å². The number of benzene rings is 2. The fourth-order valence-corrected chi connectivity index (χ4v) is 5.74. The highest BCUT2D eigenvalue weighted by atomic mass is 79.9. The number of sulfonamides is 1. The van der Waals surface area contributed by atoms with Gasteiger partial charge in [0.15, 0.2) is 0 Å². The van der Waals surface area contributed by atoms with Gasteiger partial charge in [0, 0.05) is 28.3 Å². The third-order valence-electron chi connectivity index (χ3n) is 5.27. The number of hydrogen-bond acceptors (Lipinski definition) is 4. The number of amides is 1. The number of rotatable bonds is 5. The monoisotopic (exact) mass is 518 g/mol. The summed E-state index contributed by atoms with van der Waals surface area (Å²) in [5, 5.41) is 0. The lowest BCUT2D eigenvalue weighted by molar-refractivity contribution is -0.138. The number of carbonyl (C=O) groups excluding carboxylic acids is 1. The lowest BCUT2D eigenvalue weighted by Crippen LogP contribution is -2.30. The van der Waals surface area contributed by atoms with Gasteiger partial charge in [0.25, 0.3) is 10.0 Å². The second-order valence-electron chi connectivity index (χ2n) is 7.44. The molecule has 2 aliphatic rings. The maximum absolute atomic E-state index is 13.3. The summed E-state index contributed by atoms with van der Waals surface area (Å²) in [6.07, 6.45) is -2.46. The number of hydrogen-bond donors (Lipinski definition) is 1. The van der Waals surface area contributed by atoms with Crippen molar-refractivity contribution in [2.75, 3.05) is 23.3 Å². The summed E-state index contributed by atoms with van der Waals surface area (Å²) in [6, 6.07) is 5.95. The van der Waals surface area contributed by atoms with Gasteiger partial charge < -0.3 is 9.64 Å². The Morgan fingerprint density at radius 1 is 1.23 bits per heavy atom. The quantitative estimate of drug-likeness (QED) is 0.628. The van der Waals surface area contributed by atoms with Crippen molar-refractivity contribution in [3.63, 3.8) is 0 Å². The maximum Gasteiger partial charge on any atom is 0.420 e. The molecule has 4 rings (SSSR count). The van der Waals surface area contributed by atoms with Gasteiger partial charge in [0.1, 0.15) is 10.6 Å². The Labute approximate surface area is 185 Å². The highest BCUT2D eigenvalue weighted by Crippen LogP contribution is 2.41. The molecular formula is C20H18BrF3N2O4S. The summed E-state index contributed by atoms with van der Waals surface area (Å²) in [6.45, 7) is 0.474. The second-order valence-corrected chi connectivity index (χ2v) is 9.95. The molecule has 2 aromatic carbocycles. The van der Waals surface area contributed by atoms with E-state index in [-0.39, 0.29) is 26.9 Å². The average Bonchev–Trinajstić information content (AvgIpc) is 3.46. The zero-order valence-electron chi connectivity index (χ0n) is 16.3. The molecule has 0 atom stereocenters. The van der Waals surface area contributed by atoms with Crippen LogP contribution in [-0.2, 0) is 27.4 Å². The third-order valence-corrected chi connectivity index (χ3v) is 7.61. The first-order valence-electron chi connectivity index (χ1n) is 9.43. The smallest absolute Gasteiger partial charge is 0.420 e. The summed E-state index contributed by atoms with van der Waals surface area (Å²) in [5.41, 5.74) is 0.00526. The van der Waals surface area contributed by atoms with Crippen LogP contribution in [0.1, 0.15) is 24.0 Å². The fraction of sp³-hybridized carbons (Fsp3) is 0.350. The molecule has 1 amide bonds. The Balaban J connectivity index is 1.68. The molecule has 1 heterocycles. The molecule has 2 aromatic rings. The van der Waals surface area contributed by atoms with Crippen molar-refractivity contribution in [3.05, 3.63) is 45.9 Å². The molecule has 0 aromatic heterocycles. The molecule has 0 radical (unpaired) electrons. The number of alkyl halides is 3. The summed E-state index contributed by atoms with van der Waals surface area (Å²) in [4.78, 5) is 14.0. The summed E-state index contributed by atoms with van der Waals surface area (Å²) in [7, 11) is -3.14. The summed E-state index contributed by atoms with van der Waals surface area (Å²) >= 11 is 3.24. The molecule has 1 aliphatic carbocycles. The fourth-order valence-electron chi connectivity index (χ4n) is 3.58. The van der Waals surface area contributed by atoms with Crippen LogP contribution in [0.4, 0.5) is 24.5 Å². The third kappa shape index (κ3) is 4.25. The van der Waals surface area contributed by atoms with Crippen LogP contribution in [0.2, 0.25) is 0 Å². The van der Waals surface area contributed by atoms with E-state index in [0.717, 1.165) is 31.6 Å². The molecule has 1 fully saturated rings. The molecule has 0 bridgehead atoms. The molecule has 0 spiro atoms. The van der Waals surface area contributed by atoms with Crippen LogP contribution >= 0.6 is 15.9 Å². The van der Waals surface area contributed by atoms with Gasteiger partial charge in [-0.2, -0.15) is 13.2 Å². The van der Waals surface area contributed by atoms with Crippen molar-refractivity contribution >= 4 is 43.2 Å². The Kier molecular flexibility index (Phi) is 5.45. The van der Waals surface area contributed by atoms with Gasteiger partial charge in [-0.3, -0.25) is 9.52 Å². The van der Waals surface area contributed by atoms with Crippen LogP contribution in [-0.4, -0.2) is 28.0 Å². The van der Waals surface area contributed by atoms with Gasteiger partial charge >= 0.3 is 6.18 Å². The molecule has 31 heavy (non-hydrogen) atoms. The lowest BCUT2D eigenvalue weighted by Gasteiger charge is -2.19. The molecule has 6 nitrogen and oxygen atoms in total. The van der Waals surface area contributed by atoms with Crippen molar-refractivity contribution in [2.45, 2.75) is 30.3 Å². The number of anilines is 2. The topological polar surface area (TPSA) is 75.7 Å². The van der Waals surface area contributed by atoms with E-state index in [9.17, 15) is 26.4 Å². The normalized spacial score (nSPS) is 16.2. The number of fused-ring (bicyclic) bond motifs is 1. The summed E-state index contributed by atoms with van der Waals surface area (Å²) in [5.74, 6) is -0.460. The Morgan fingerprint density at radius 2 is 1.94 bits per heavy atom. The predicted octanol–water partition coefficient (Wildman–Crippen LogP) is 4.58. The molecule has 0 saturated heterocycles. The van der Waals surface area contributed by atoms with E-state index >= 15 is 0 Å². The highest BCUT2D eigenvalue weighted by molar-refractivity contribution is 9.10. The molecule has 1 saturated carbocycles. The number of carbonyl (C=O) groups is 1. The van der Waals surface area contributed by atoms with Crippen molar-refractivity contribution in [2.24, 2.45) is 5.92 Å². The Hall–Kier alpha value is -2.27. The van der Waals surface area contributed by atoms with E-state index in [2.05, 4.69) is 20.7 Å². The minimum atomic E-state index is -4.72. The number of nitrogens with zero attached hydrogens (tertiary/aromatic N) is 1. The summed E-state index contributed by atoms with van der Waals surface area (Å²) < 4.78 is 73.0. The highest BCUT2D eigenvalue weighted by Gasteiger charge is 2.38. The van der Waals surface area contributed by atoms with Crippen LogP contribution in [0.3, 0.4) is 0 Å². The zero-order chi connectivity index (χ0) is 22.6. The van der Waals surface area contributed by atoms with Crippen LogP contribution in [0.15, 0.2) is 39.7 Å². The molecule has 1 N–H and O–H groups in total. The Morgan fingerprint density at radius 3 is 2.55 bits per heavy atom. The first-order chi connectivity index (χ1) is 14.5. The van der Waals surface area contributed by atoms with E-state index in [0.29, 0.717) is 24.7 Å². The number of ether oxygens (including phenoxy) is 1. The van der Waals surface area contributed by atoms with E-state index in [1.807, 2.05) is 0 Å². The van der Waals surface area contributed by atoms with Crippen LogP contribution in [0.5, 0.6) is 5.75 Å². The standard InChI is InChI=1S/C20H18BrF3N2O4S/c1-30-17-5-4-13(9-14(17)20(22,23)24)25-31(28,29)18-10-16-12(8-15(18)21)6-7-26(16)19(27)11-2-3-11/h4-5,8-11,25H,2-3,6-7H2,1H3. The molecular weight excluding hydrogens is 501 g/mol. The minimum absolute atomic E-state index is 0.0205. The Bertz CT molecular complexity index is 1160. The van der Waals surface area contributed by atoms with Crippen molar-refractivity contribution < 1.29 is 31.1 Å². The first-order valence-corrected chi connectivity index (χ1v) is 11.7. The molecule has 1 aliphatic heterocycles. The number of methoxy groups -OCH3 is 1. The van der Waals surface area contributed by atoms with Gasteiger partial charge in [0.2, 0.25) is 5.91 Å². The van der Waals surface area contributed by atoms with Crippen molar-refractivity contribution in [3.8, 4) is 5.75 Å². The lowest BCUT2D eigenvalue weighted by atomic mass is 10.1. The molecule has 0 unspecified atom stereocenters. The van der Waals surface area contributed by atoms with Gasteiger partial charge in [-0.05, 0) is 71.1 Å². The van der Waals surface area contributed by atoms with Crippen LogP contribution in [0, 0.1) is 5.92 Å². The van der Waals surface area contributed by atoms with E-state index in [4.69, 9.17) is 4.74 Å². The largest absolute Gasteiger partial charge is 0.496 e. The minimum Gasteiger partial charge on any atom is -0.496 e. The van der Waals surface area contributed by atoms with Crippen molar-refractivity contribution in [1.29, 1.82) is 0 Å². The van der Waals surface area contributed by atoms with Gasteiger partial charge in [0.05, 0.1) is 12.7 Å². The zero-order valence-corrected chi connectivity index (χ0v) is 18.7. The second kappa shape index (κ2) is 7.70. The number of halogens is 4. The predicted molar refractivity (Wildman–Crippen MR) is 112 cm³/mol.